The van der Waals surface area contributed by atoms with Gasteiger partial charge in [-0.1, -0.05) is 0 Å². The van der Waals surface area contributed by atoms with Crippen LogP contribution in [0.4, 0.5) is 5.82 Å². The van der Waals surface area contributed by atoms with E-state index in [2.05, 4.69) is 10.3 Å². The Bertz CT molecular complexity index is 381. The van der Waals surface area contributed by atoms with E-state index in [-0.39, 0.29) is 0 Å². The molecule has 0 radical (unpaired) electrons. The fourth-order valence-corrected chi connectivity index (χ4v) is 1.46. The molecule has 2 aliphatic heterocycles. The van der Waals surface area contributed by atoms with Crippen LogP contribution in [0.5, 0.6) is 0 Å². The highest BCUT2D eigenvalue weighted by atomic mass is 16.3. The van der Waals surface area contributed by atoms with E-state index in [1.54, 1.807) is 6.26 Å². The number of pyridine rings is 1. The Morgan fingerprint density at radius 2 is 2.55 bits per heavy atom. The molecule has 0 aromatic carbocycles. The first-order valence-corrected chi connectivity index (χ1v) is 3.54. The average molecular weight is 146 g/mol. The summed E-state index contributed by atoms with van der Waals surface area (Å²) < 4.78 is 5.30. The van der Waals surface area contributed by atoms with Crippen LogP contribution in [0.15, 0.2) is 22.9 Å². The second-order valence-corrected chi connectivity index (χ2v) is 2.65. The van der Waals surface area contributed by atoms with Crippen molar-refractivity contribution in [3.05, 3.63) is 24.1 Å². The predicted molar refractivity (Wildman–Crippen MR) is 41.3 cm³/mol. The third-order valence-corrected chi connectivity index (χ3v) is 2.01. The molecule has 3 nitrogen and oxygen atoms in total. The third kappa shape index (κ3) is 0.510. The Balaban J connectivity index is 2.64. The lowest BCUT2D eigenvalue weighted by molar-refractivity contribution is 0.610. The molecule has 54 valence electrons. The second kappa shape index (κ2) is 1.56. The maximum Gasteiger partial charge on any atom is 0.144 e. The first-order chi connectivity index (χ1) is 5.45. The minimum absolute atomic E-state index is 0.847. The van der Waals surface area contributed by atoms with E-state index in [1.165, 1.54) is 0 Å². The third-order valence-electron chi connectivity index (χ3n) is 2.01. The van der Waals surface area contributed by atoms with Crippen molar-refractivity contribution >= 4 is 16.8 Å². The summed E-state index contributed by atoms with van der Waals surface area (Å²) >= 11 is 0. The molecule has 4 rings (SSSR count). The predicted octanol–water partition coefficient (Wildman–Crippen LogP) is 1.75. The molecule has 0 unspecified atom stereocenters. The molecule has 0 amide bonds. The molecule has 0 saturated carbocycles. The number of anilines is 1. The summed E-state index contributed by atoms with van der Waals surface area (Å²) in [6, 6.07) is 1.94. The van der Waals surface area contributed by atoms with Crippen LogP contribution >= 0.6 is 0 Å². The number of nitrogens with zero attached hydrogens (tertiary/aromatic N) is 1. The van der Waals surface area contributed by atoms with Crippen molar-refractivity contribution in [2.45, 2.75) is 6.54 Å². The number of fused-ring (bicyclic) bond motifs is 2. The molecule has 4 heterocycles. The summed E-state index contributed by atoms with van der Waals surface area (Å²) in [5.74, 6) is 0.934. The highest BCUT2D eigenvalue weighted by molar-refractivity contribution is 5.92. The molecule has 11 heavy (non-hydrogen) atoms. The highest BCUT2D eigenvalue weighted by Crippen LogP contribution is 2.30. The summed E-state index contributed by atoms with van der Waals surface area (Å²) in [7, 11) is 0. The zero-order valence-electron chi connectivity index (χ0n) is 5.79. The molecule has 2 aromatic rings. The molecule has 0 aliphatic carbocycles. The van der Waals surface area contributed by atoms with Crippen LogP contribution in [-0.2, 0) is 6.54 Å². The van der Waals surface area contributed by atoms with Crippen LogP contribution in [0.2, 0.25) is 0 Å². The van der Waals surface area contributed by atoms with Gasteiger partial charge in [-0.25, -0.2) is 4.98 Å². The van der Waals surface area contributed by atoms with E-state index >= 15 is 0 Å². The smallest absolute Gasteiger partial charge is 0.144 e. The Morgan fingerprint density at radius 1 is 1.55 bits per heavy atom. The molecule has 0 spiro atoms. The van der Waals surface area contributed by atoms with Crippen molar-refractivity contribution in [1.29, 1.82) is 0 Å². The summed E-state index contributed by atoms with van der Waals surface area (Å²) in [5, 5.41) is 4.27. The van der Waals surface area contributed by atoms with Gasteiger partial charge in [0.25, 0.3) is 0 Å². The van der Waals surface area contributed by atoms with Crippen molar-refractivity contribution in [2.75, 3.05) is 5.32 Å². The molecular formula is C8H6N2O. The number of hydrogen-bond acceptors (Lipinski definition) is 3. The maximum absolute atomic E-state index is 5.30. The minimum atomic E-state index is 0.847. The number of furan rings is 1. The van der Waals surface area contributed by atoms with Crippen LogP contribution < -0.4 is 5.32 Å². The van der Waals surface area contributed by atoms with Crippen LogP contribution in [0.25, 0.3) is 11.0 Å². The zero-order chi connectivity index (χ0) is 7.26. The van der Waals surface area contributed by atoms with Gasteiger partial charge in [-0.15, -0.1) is 0 Å². The highest BCUT2D eigenvalue weighted by Gasteiger charge is 2.15. The van der Waals surface area contributed by atoms with E-state index in [1.807, 2.05) is 12.3 Å². The van der Waals surface area contributed by atoms with Crippen molar-refractivity contribution in [2.24, 2.45) is 0 Å². The first-order valence-electron chi connectivity index (χ1n) is 3.54. The molecule has 2 aliphatic rings. The van der Waals surface area contributed by atoms with Gasteiger partial charge in [-0.3, -0.25) is 0 Å². The fourth-order valence-electron chi connectivity index (χ4n) is 1.46. The van der Waals surface area contributed by atoms with Crippen molar-refractivity contribution < 1.29 is 4.42 Å². The Morgan fingerprint density at radius 3 is 3.27 bits per heavy atom. The van der Waals surface area contributed by atoms with Gasteiger partial charge in [-0.05, 0) is 6.07 Å². The van der Waals surface area contributed by atoms with Crippen molar-refractivity contribution in [1.82, 2.24) is 4.98 Å². The molecule has 0 saturated heterocycles. The Hall–Kier alpha value is -1.51. The number of nitrogens with one attached hydrogen (secondary N) is 1. The first kappa shape index (κ1) is 5.18. The Labute approximate surface area is 63.0 Å². The van der Waals surface area contributed by atoms with Crippen LogP contribution in [0.1, 0.15) is 5.56 Å². The number of hydrogen-bond donors (Lipinski definition) is 1. The summed E-state index contributed by atoms with van der Waals surface area (Å²) in [6.45, 7) is 0.847. The Kier molecular flexibility index (Phi) is 0.733. The number of rotatable bonds is 0. The zero-order valence-corrected chi connectivity index (χ0v) is 5.79. The van der Waals surface area contributed by atoms with E-state index in [0.717, 1.165) is 28.9 Å². The topological polar surface area (TPSA) is 38.1 Å². The van der Waals surface area contributed by atoms with Gasteiger partial charge < -0.3 is 9.73 Å². The monoisotopic (exact) mass is 146 g/mol. The van der Waals surface area contributed by atoms with Gasteiger partial charge in [0.05, 0.1) is 11.6 Å². The van der Waals surface area contributed by atoms with Gasteiger partial charge in [-0.2, -0.15) is 0 Å². The second-order valence-electron chi connectivity index (χ2n) is 2.65. The minimum Gasteiger partial charge on any atom is -0.464 e. The van der Waals surface area contributed by atoms with Gasteiger partial charge in [0.15, 0.2) is 0 Å². The maximum atomic E-state index is 5.30. The van der Waals surface area contributed by atoms with Crippen molar-refractivity contribution in [3.8, 4) is 0 Å². The SMILES string of the molecule is c1cc2c3ncc(c2o1)CN3. The molecule has 0 atom stereocenters. The summed E-state index contributed by atoms with van der Waals surface area (Å²) in [4.78, 5) is 4.19. The van der Waals surface area contributed by atoms with Crippen molar-refractivity contribution in [3.63, 3.8) is 0 Å². The van der Waals surface area contributed by atoms with E-state index in [9.17, 15) is 0 Å². The lowest BCUT2D eigenvalue weighted by atomic mass is 10.1. The lowest BCUT2D eigenvalue weighted by Gasteiger charge is -2.13. The summed E-state index contributed by atoms with van der Waals surface area (Å²) in [6.07, 6.45) is 3.56. The van der Waals surface area contributed by atoms with Crippen LogP contribution in [0, 0.1) is 0 Å². The molecule has 2 aromatic heterocycles. The van der Waals surface area contributed by atoms with Gasteiger partial charge in [0.1, 0.15) is 11.4 Å². The van der Waals surface area contributed by atoms with Gasteiger partial charge >= 0.3 is 0 Å². The van der Waals surface area contributed by atoms with Crippen LogP contribution in [0.3, 0.4) is 0 Å². The summed E-state index contributed by atoms with van der Waals surface area (Å²) in [5.41, 5.74) is 2.12. The van der Waals surface area contributed by atoms with Gasteiger partial charge in [0, 0.05) is 18.3 Å². The van der Waals surface area contributed by atoms with E-state index < -0.39 is 0 Å². The van der Waals surface area contributed by atoms with E-state index in [4.69, 9.17) is 4.42 Å². The molecule has 3 heteroatoms. The molecule has 0 fully saturated rings. The van der Waals surface area contributed by atoms with E-state index in [0.29, 0.717) is 0 Å². The molecular weight excluding hydrogens is 140 g/mol. The molecule has 1 N–H and O–H groups in total. The molecule has 2 bridgehead atoms. The van der Waals surface area contributed by atoms with Gasteiger partial charge in [0.2, 0.25) is 0 Å². The van der Waals surface area contributed by atoms with Crippen LogP contribution in [-0.4, -0.2) is 4.98 Å². The average Bonchev–Trinajstić information content (AvgIpc) is 2.55. The number of aromatic nitrogens is 1. The fraction of sp³-hybridized carbons (Fsp3) is 0.125. The standard InChI is InChI=1S/C8H6N2O/c1-2-11-7-5-3-9-8(6(1)7)10-4-5/h1-3H,4H2,(H,9,10). The lowest BCUT2D eigenvalue weighted by Crippen LogP contribution is -2.08. The quantitative estimate of drug-likeness (QED) is 0.615. The normalized spacial score (nSPS) is 13.8. The largest absolute Gasteiger partial charge is 0.464 e.